The van der Waals surface area contributed by atoms with E-state index in [1.807, 2.05) is 24.3 Å². The molecule has 0 saturated carbocycles. The first-order chi connectivity index (χ1) is 16.6. The second-order valence-corrected chi connectivity index (χ2v) is 7.76. The van der Waals surface area contributed by atoms with Crippen LogP contribution in [0.15, 0.2) is 103 Å². The highest BCUT2D eigenvalue weighted by Crippen LogP contribution is 2.31. The fraction of sp³-hybridized carbons (Fsp3) is 0. The Morgan fingerprint density at radius 3 is 1.74 bits per heavy atom. The van der Waals surface area contributed by atoms with Crippen molar-refractivity contribution in [2.24, 2.45) is 0 Å². The van der Waals surface area contributed by atoms with Gasteiger partial charge in [-0.05, 0) is 60.2 Å². The first-order valence-corrected chi connectivity index (χ1v) is 10.7. The summed E-state index contributed by atoms with van der Waals surface area (Å²) in [7, 11) is 0. The van der Waals surface area contributed by atoms with Gasteiger partial charge in [0, 0.05) is 27.6 Å². The molecule has 0 fully saturated rings. The molecule has 160 valence electrons. The van der Waals surface area contributed by atoms with Crippen LogP contribution >= 0.6 is 0 Å². The number of carbonyl (C=O) groups is 1. The predicted molar refractivity (Wildman–Crippen MR) is 134 cm³/mol. The van der Waals surface area contributed by atoms with Crippen LogP contribution in [-0.4, -0.2) is 15.6 Å². The van der Waals surface area contributed by atoms with Gasteiger partial charge in [-0.2, -0.15) is 5.26 Å². The molecule has 0 unspecified atom stereocenters. The summed E-state index contributed by atoms with van der Waals surface area (Å²) in [4.78, 5) is 11.0. The molecule has 1 heterocycles. The molecule has 0 radical (unpaired) electrons. The molecule has 5 rings (SSSR count). The quantitative estimate of drug-likeness (QED) is 0.208. The van der Waals surface area contributed by atoms with Gasteiger partial charge in [-0.3, -0.25) is 0 Å². The highest BCUT2D eigenvalue weighted by atomic mass is 16.4. The van der Waals surface area contributed by atoms with Crippen LogP contribution in [0.2, 0.25) is 0 Å². The summed E-state index contributed by atoms with van der Waals surface area (Å²) < 4.78 is 2.26. The van der Waals surface area contributed by atoms with E-state index in [-0.39, 0.29) is 5.57 Å². The van der Waals surface area contributed by atoms with E-state index < -0.39 is 5.97 Å². The second-order valence-electron chi connectivity index (χ2n) is 7.76. The largest absolute Gasteiger partial charge is 0.477 e. The first kappa shape index (κ1) is 20.8. The monoisotopic (exact) mass is 438 g/mol. The zero-order chi connectivity index (χ0) is 23.5. The van der Waals surface area contributed by atoms with E-state index in [9.17, 15) is 4.79 Å². The van der Waals surface area contributed by atoms with Crippen molar-refractivity contribution >= 4 is 33.9 Å². The number of nitrogens with zero attached hydrogens (tertiary/aromatic N) is 2. The maximum Gasteiger partial charge on any atom is 0.346 e. The van der Waals surface area contributed by atoms with Crippen LogP contribution in [0.5, 0.6) is 0 Å². The molecule has 34 heavy (non-hydrogen) atoms. The lowest BCUT2D eigenvalue weighted by Gasteiger charge is -2.07. The number of carboxylic acid groups (broad SMARTS) is 1. The molecule has 0 aliphatic carbocycles. The SMILES string of the molecule is N#C/C(=C/c1ccc(C#Cc2ccc(-n3c4ccccc4c4ccccc43)cc2)cc1)C(=O)O. The van der Waals surface area contributed by atoms with Crippen molar-refractivity contribution in [3.05, 3.63) is 119 Å². The van der Waals surface area contributed by atoms with Crippen LogP contribution in [0.1, 0.15) is 16.7 Å². The number of rotatable bonds is 3. The van der Waals surface area contributed by atoms with E-state index in [2.05, 4.69) is 77.1 Å². The Kier molecular flexibility index (Phi) is 5.40. The van der Waals surface area contributed by atoms with Crippen LogP contribution in [0.25, 0.3) is 33.6 Å². The average molecular weight is 438 g/mol. The minimum atomic E-state index is -1.24. The van der Waals surface area contributed by atoms with Gasteiger partial charge in [0.1, 0.15) is 11.6 Å². The molecule has 5 aromatic rings. The summed E-state index contributed by atoms with van der Waals surface area (Å²) in [6.07, 6.45) is 1.34. The van der Waals surface area contributed by atoms with Crippen LogP contribution < -0.4 is 0 Å². The number of benzene rings is 4. The lowest BCUT2D eigenvalue weighted by Crippen LogP contribution is -1.97. The Morgan fingerprint density at radius 2 is 1.24 bits per heavy atom. The van der Waals surface area contributed by atoms with Crippen molar-refractivity contribution in [1.29, 1.82) is 5.26 Å². The third kappa shape index (κ3) is 3.93. The Balaban J connectivity index is 1.43. The number of hydrogen-bond donors (Lipinski definition) is 1. The van der Waals surface area contributed by atoms with Gasteiger partial charge in [0.25, 0.3) is 0 Å². The Hall–Kier alpha value is -5.06. The van der Waals surface area contributed by atoms with E-state index in [1.54, 1.807) is 18.2 Å². The van der Waals surface area contributed by atoms with Gasteiger partial charge in [-0.15, -0.1) is 0 Å². The summed E-state index contributed by atoms with van der Waals surface area (Å²) in [5.74, 6) is 5.07. The second kappa shape index (κ2) is 8.82. The molecule has 0 amide bonds. The Bertz CT molecular complexity index is 1620. The molecular weight excluding hydrogens is 420 g/mol. The van der Waals surface area contributed by atoms with Crippen molar-refractivity contribution < 1.29 is 9.90 Å². The highest BCUT2D eigenvalue weighted by Gasteiger charge is 2.10. The summed E-state index contributed by atoms with van der Waals surface area (Å²) >= 11 is 0. The fourth-order valence-corrected chi connectivity index (χ4v) is 4.01. The molecule has 0 atom stereocenters. The van der Waals surface area contributed by atoms with E-state index >= 15 is 0 Å². The molecule has 0 aliphatic heterocycles. The van der Waals surface area contributed by atoms with Gasteiger partial charge in [0.15, 0.2) is 0 Å². The van der Waals surface area contributed by atoms with Crippen molar-refractivity contribution in [1.82, 2.24) is 4.57 Å². The average Bonchev–Trinajstić information content (AvgIpc) is 3.21. The van der Waals surface area contributed by atoms with Gasteiger partial charge in [0.05, 0.1) is 11.0 Å². The topological polar surface area (TPSA) is 66.0 Å². The fourth-order valence-electron chi connectivity index (χ4n) is 4.01. The van der Waals surface area contributed by atoms with Gasteiger partial charge in [-0.25, -0.2) is 4.79 Å². The van der Waals surface area contributed by atoms with Crippen LogP contribution in [0, 0.1) is 23.2 Å². The summed E-state index contributed by atoms with van der Waals surface area (Å²) in [5, 5.41) is 20.3. The number of fused-ring (bicyclic) bond motifs is 3. The lowest BCUT2D eigenvalue weighted by atomic mass is 10.1. The summed E-state index contributed by atoms with van der Waals surface area (Å²) in [5.41, 5.74) is 5.44. The number of aromatic nitrogens is 1. The van der Waals surface area contributed by atoms with E-state index in [1.165, 1.54) is 27.9 Å². The predicted octanol–water partition coefficient (Wildman–Crippen LogP) is 6.18. The molecule has 4 nitrogen and oxygen atoms in total. The van der Waals surface area contributed by atoms with Gasteiger partial charge >= 0.3 is 5.97 Å². The Labute approximate surface area is 196 Å². The third-order valence-electron chi connectivity index (χ3n) is 5.63. The maximum atomic E-state index is 11.0. The molecule has 1 aromatic heterocycles. The molecule has 1 N–H and O–H groups in total. The molecule has 0 spiro atoms. The van der Waals surface area contributed by atoms with Crippen molar-refractivity contribution in [2.45, 2.75) is 0 Å². The minimum Gasteiger partial charge on any atom is -0.477 e. The van der Waals surface area contributed by atoms with E-state index in [0.29, 0.717) is 5.56 Å². The summed E-state index contributed by atoms with van der Waals surface area (Å²) in [6.45, 7) is 0. The van der Waals surface area contributed by atoms with E-state index in [0.717, 1.165) is 16.8 Å². The van der Waals surface area contributed by atoms with Crippen molar-refractivity contribution in [3.63, 3.8) is 0 Å². The maximum absolute atomic E-state index is 11.0. The highest BCUT2D eigenvalue weighted by molar-refractivity contribution is 6.09. The standard InChI is InChI=1S/C30H18N2O2/c31-20-24(30(33)34)19-23-13-11-21(12-14-23)9-10-22-15-17-25(18-16-22)32-28-7-3-1-5-26(28)27-6-2-4-8-29(27)32/h1-8,11-19H,(H,33,34)/b24-19-. The summed E-state index contributed by atoms with van der Waals surface area (Å²) in [6, 6.07) is 33.8. The normalized spacial score (nSPS) is 11.1. The first-order valence-electron chi connectivity index (χ1n) is 10.7. The molecular formula is C30H18N2O2. The zero-order valence-electron chi connectivity index (χ0n) is 18.1. The third-order valence-corrected chi connectivity index (χ3v) is 5.63. The minimum absolute atomic E-state index is 0.304. The van der Waals surface area contributed by atoms with Crippen molar-refractivity contribution in [2.75, 3.05) is 0 Å². The van der Waals surface area contributed by atoms with Crippen LogP contribution in [-0.2, 0) is 4.79 Å². The van der Waals surface area contributed by atoms with Gasteiger partial charge in [0.2, 0.25) is 0 Å². The van der Waals surface area contributed by atoms with Gasteiger partial charge < -0.3 is 9.67 Å². The molecule has 0 aliphatic rings. The number of aliphatic carboxylic acids is 1. The molecule has 4 aromatic carbocycles. The molecule has 4 heteroatoms. The number of nitriles is 1. The van der Waals surface area contributed by atoms with Crippen LogP contribution in [0.3, 0.4) is 0 Å². The number of para-hydroxylation sites is 2. The smallest absolute Gasteiger partial charge is 0.346 e. The molecule has 0 saturated heterocycles. The van der Waals surface area contributed by atoms with Gasteiger partial charge in [-0.1, -0.05) is 60.4 Å². The number of carboxylic acids is 1. The van der Waals surface area contributed by atoms with Crippen LogP contribution in [0.4, 0.5) is 0 Å². The number of hydrogen-bond acceptors (Lipinski definition) is 2. The zero-order valence-corrected chi connectivity index (χ0v) is 18.1. The molecule has 0 bridgehead atoms. The Morgan fingerprint density at radius 1 is 0.735 bits per heavy atom. The lowest BCUT2D eigenvalue weighted by molar-refractivity contribution is -0.132. The van der Waals surface area contributed by atoms with Crippen molar-refractivity contribution in [3.8, 4) is 23.6 Å². The van der Waals surface area contributed by atoms with E-state index in [4.69, 9.17) is 10.4 Å².